The molecule has 1 aromatic carbocycles. The van der Waals surface area contributed by atoms with Crippen LogP contribution in [0.2, 0.25) is 5.02 Å². The Kier molecular flexibility index (Phi) is 6.02. The van der Waals surface area contributed by atoms with Crippen molar-refractivity contribution < 1.29 is 10.3 Å². The molecule has 0 aliphatic carbocycles. The number of rotatable bonds is 2. The number of hydrogen-bond acceptors (Lipinski definition) is 2. The van der Waals surface area contributed by atoms with Crippen LogP contribution in [0.25, 0.3) is 0 Å². The molecule has 5 nitrogen and oxygen atoms in total. The van der Waals surface area contributed by atoms with Crippen LogP contribution in [0.5, 0.6) is 0 Å². The summed E-state index contributed by atoms with van der Waals surface area (Å²) in [5.41, 5.74) is 0.913. The van der Waals surface area contributed by atoms with Gasteiger partial charge in [-0.2, -0.15) is 0 Å². The predicted molar refractivity (Wildman–Crippen MR) is 99.4 cm³/mol. The lowest BCUT2D eigenvalue weighted by Gasteiger charge is -2.40. The Labute approximate surface area is 154 Å². The highest BCUT2D eigenvalue weighted by Gasteiger charge is 2.44. The minimum Gasteiger partial charge on any atom is -0.412 e. The summed E-state index contributed by atoms with van der Waals surface area (Å²) in [6.45, 7) is 1.60. The third kappa shape index (κ3) is 3.23. The average molecular weight is 374 g/mol. The second kappa shape index (κ2) is 7.48. The van der Waals surface area contributed by atoms with Crippen molar-refractivity contribution in [3.8, 4) is 0 Å². The molecule has 2 unspecified atom stereocenters. The standard InChI is InChI=1S/C17H22ClN3O.ClH.H2O/c1-19-13-5-6-14(19)11-16(10-13)21-8-7-20(17(21)22)15-4-2-3-12(18)9-15;;/h2-4,9,13-14,16H,5-8,10-11H2,1H3;1H;1H2. The van der Waals surface area contributed by atoms with Crippen LogP contribution in [-0.2, 0) is 0 Å². The number of urea groups is 1. The molecule has 2 bridgehead atoms. The largest absolute Gasteiger partial charge is 0.412 e. The molecule has 3 saturated heterocycles. The molecule has 134 valence electrons. The number of halogens is 2. The zero-order valence-electron chi connectivity index (χ0n) is 13.8. The monoisotopic (exact) mass is 373 g/mol. The molecule has 0 saturated carbocycles. The first-order valence-electron chi connectivity index (χ1n) is 8.19. The highest BCUT2D eigenvalue weighted by molar-refractivity contribution is 6.30. The van der Waals surface area contributed by atoms with Crippen molar-refractivity contribution >= 4 is 35.7 Å². The number of anilines is 1. The van der Waals surface area contributed by atoms with Gasteiger partial charge in [-0.3, -0.25) is 4.90 Å². The third-order valence-corrected chi connectivity index (χ3v) is 5.91. The minimum absolute atomic E-state index is 0. The Morgan fingerprint density at radius 2 is 1.75 bits per heavy atom. The molecule has 24 heavy (non-hydrogen) atoms. The number of amides is 2. The molecule has 2 N–H and O–H groups in total. The van der Waals surface area contributed by atoms with Crippen molar-refractivity contribution in [1.82, 2.24) is 9.80 Å². The normalized spacial score (nSPS) is 29.4. The van der Waals surface area contributed by atoms with Crippen molar-refractivity contribution in [3.05, 3.63) is 29.3 Å². The molecule has 0 aromatic heterocycles. The zero-order valence-corrected chi connectivity index (χ0v) is 15.4. The summed E-state index contributed by atoms with van der Waals surface area (Å²) in [7, 11) is 2.24. The summed E-state index contributed by atoms with van der Waals surface area (Å²) < 4.78 is 0. The second-order valence-electron chi connectivity index (χ2n) is 6.78. The topological polar surface area (TPSA) is 58.3 Å². The predicted octanol–water partition coefficient (Wildman–Crippen LogP) is 2.80. The van der Waals surface area contributed by atoms with E-state index in [4.69, 9.17) is 11.6 Å². The Hall–Kier alpha value is -1.01. The molecule has 2 atom stereocenters. The molecule has 3 heterocycles. The maximum absolute atomic E-state index is 12.8. The van der Waals surface area contributed by atoms with Gasteiger partial charge in [-0.15, -0.1) is 12.4 Å². The van der Waals surface area contributed by atoms with E-state index in [1.165, 1.54) is 12.8 Å². The van der Waals surface area contributed by atoms with Gasteiger partial charge in [-0.05, 0) is 50.9 Å². The van der Waals surface area contributed by atoms with Crippen LogP contribution in [0, 0.1) is 0 Å². The van der Waals surface area contributed by atoms with E-state index in [0.717, 1.165) is 31.6 Å². The van der Waals surface area contributed by atoms with Crippen molar-refractivity contribution in [2.45, 2.75) is 43.8 Å². The molecule has 2 amide bonds. The summed E-state index contributed by atoms with van der Waals surface area (Å²) in [4.78, 5) is 19.3. The van der Waals surface area contributed by atoms with E-state index >= 15 is 0 Å². The maximum Gasteiger partial charge on any atom is 0.324 e. The zero-order chi connectivity index (χ0) is 15.3. The van der Waals surface area contributed by atoms with Gasteiger partial charge in [0.05, 0.1) is 0 Å². The van der Waals surface area contributed by atoms with E-state index in [9.17, 15) is 4.79 Å². The van der Waals surface area contributed by atoms with Crippen LogP contribution >= 0.6 is 24.0 Å². The summed E-state index contributed by atoms with van der Waals surface area (Å²) in [5, 5.41) is 0.682. The molecule has 7 heteroatoms. The quantitative estimate of drug-likeness (QED) is 0.799. The van der Waals surface area contributed by atoms with Crippen LogP contribution in [-0.4, -0.2) is 59.6 Å². The molecule has 4 rings (SSSR count). The van der Waals surface area contributed by atoms with Gasteiger partial charge in [0.2, 0.25) is 0 Å². The van der Waals surface area contributed by atoms with Gasteiger partial charge in [0, 0.05) is 41.9 Å². The number of benzene rings is 1. The molecule has 1 aromatic rings. The first-order chi connectivity index (χ1) is 10.6. The molecule has 3 aliphatic rings. The van der Waals surface area contributed by atoms with Crippen molar-refractivity contribution in [2.24, 2.45) is 0 Å². The van der Waals surface area contributed by atoms with Crippen LogP contribution in [0.3, 0.4) is 0 Å². The Bertz CT molecular complexity index is 587. The number of piperidine rings is 1. The van der Waals surface area contributed by atoms with Gasteiger partial charge in [-0.1, -0.05) is 17.7 Å². The Balaban J connectivity index is 0.00000104. The van der Waals surface area contributed by atoms with Gasteiger partial charge in [0.1, 0.15) is 0 Å². The first kappa shape index (κ1) is 19.3. The lowest BCUT2D eigenvalue weighted by atomic mass is 9.97. The molecule has 0 spiro atoms. The lowest BCUT2D eigenvalue weighted by molar-refractivity contribution is 0.102. The van der Waals surface area contributed by atoms with Crippen LogP contribution < -0.4 is 4.90 Å². The van der Waals surface area contributed by atoms with Gasteiger partial charge < -0.3 is 15.3 Å². The third-order valence-electron chi connectivity index (χ3n) is 5.68. The fraction of sp³-hybridized carbons (Fsp3) is 0.588. The second-order valence-corrected chi connectivity index (χ2v) is 7.22. The SMILES string of the molecule is CN1C2CCC1CC(N1CCN(c3cccc(Cl)c3)C1=O)C2.Cl.O. The van der Waals surface area contributed by atoms with Crippen LogP contribution in [0.4, 0.5) is 10.5 Å². The van der Waals surface area contributed by atoms with Crippen molar-refractivity contribution in [1.29, 1.82) is 0 Å². The smallest absolute Gasteiger partial charge is 0.324 e. The van der Waals surface area contributed by atoms with Crippen molar-refractivity contribution in [3.63, 3.8) is 0 Å². The molecular weight excluding hydrogens is 349 g/mol. The first-order valence-corrected chi connectivity index (χ1v) is 8.57. The maximum atomic E-state index is 12.8. The molecule has 0 radical (unpaired) electrons. The summed E-state index contributed by atoms with van der Waals surface area (Å²) >= 11 is 6.06. The van der Waals surface area contributed by atoms with E-state index in [-0.39, 0.29) is 23.9 Å². The number of fused-ring (bicyclic) bond motifs is 2. The summed E-state index contributed by atoms with van der Waals surface area (Å²) in [6.07, 6.45) is 4.83. The van der Waals surface area contributed by atoms with E-state index in [1.807, 2.05) is 29.2 Å². The van der Waals surface area contributed by atoms with Crippen LogP contribution in [0.1, 0.15) is 25.7 Å². The highest BCUT2D eigenvalue weighted by atomic mass is 35.5. The van der Waals surface area contributed by atoms with Gasteiger partial charge in [-0.25, -0.2) is 4.79 Å². The average Bonchev–Trinajstić information content (AvgIpc) is 2.95. The van der Waals surface area contributed by atoms with E-state index in [2.05, 4.69) is 16.8 Å². The molecular formula is C17H25Cl2N3O2. The number of hydrogen-bond donors (Lipinski definition) is 0. The fourth-order valence-electron chi connectivity index (χ4n) is 4.41. The summed E-state index contributed by atoms with van der Waals surface area (Å²) in [5.74, 6) is 0. The van der Waals surface area contributed by atoms with E-state index in [0.29, 0.717) is 23.1 Å². The molecule has 3 aliphatic heterocycles. The lowest BCUT2D eigenvalue weighted by Crippen LogP contribution is -2.50. The van der Waals surface area contributed by atoms with E-state index in [1.54, 1.807) is 0 Å². The van der Waals surface area contributed by atoms with Gasteiger partial charge in [0.25, 0.3) is 0 Å². The van der Waals surface area contributed by atoms with E-state index < -0.39 is 0 Å². The van der Waals surface area contributed by atoms with Gasteiger partial charge in [0.15, 0.2) is 0 Å². The number of carbonyl (C=O) groups excluding carboxylic acids is 1. The Morgan fingerprint density at radius 3 is 2.38 bits per heavy atom. The minimum atomic E-state index is 0. The highest BCUT2D eigenvalue weighted by Crippen LogP contribution is 2.37. The van der Waals surface area contributed by atoms with Gasteiger partial charge >= 0.3 is 6.03 Å². The number of nitrogens with zero attached hydrogens (tertiary/aromatic N) is 3. The number of carbonyl (C=O) groups is 1. The van der Waals surface area contributed by atoms with Crippen LogP contribution in [0.15, 0.2) is 24.3 Å². The summed E-state index contributed by atoms with van der Waals surface area (Å²) in [6, 6.07) is 9.48. The fourth-order valence-corrected chi connectivity index (χ4v) is 4.60. The molecule has 3 fully saturated rings. The Morgan fingerprint density at radius 1 is 1.08 bits per heavy atom. The van der Waals surface area contributed by atoms with Crippen molar-refractivity contribution in [2.75, 3.05) is 25.0 Å².